The van der Waals surface area contributed by atoms with E-state index in [9.17, 15) is 9.90 Å². The van der Waals surface area contributed by atoms with Crippen molar-refractivity contribution in [1.82, 2.24) is 4.57 Å². The van der Waals surface area contributed by atoms with E-state index in [0.717, 1.165) is 0 Å². The van der Waals surface area contributed by atoms with Crippen molar-refractivity contribution in [2.45, 2.75) is 0 Å². The van der Waals surface area contributed by atoms with Crippen LogP contribution in [0.4, 0.5) is 0 Å². The van der Waals surface area contributed by atoms with E-state index in [1.54, 1.807) is 25.2 Å². The molecule has 0 spiro atoms. The molecule has 0 amide bonds. The van der Waals surface area contributed by atoms with Crippen molar-refractivity contribution in [2.24, 2.45) is 7.05 Å². The van der Waals surface area contributed by atoms with Gasteiger partial charge in [0.05, 0.1) is 11.6 Å². The molecule has 0 aliphatic carbocycles. The second-order valence-electron chi connectivity index (χ2n) is 2.85. The van der Waals surface area contributed by atoms with E-state index >= 15 is 0 Å². The van der Waals surface area contributed by atoms with E-state index in [4.69, 9.17) is 0 Å². The minimum atomic E-state index is -0.323. The van der Waals surface area contributed by atoms with Gasteiger partial charge in [0.1, 0.15) is 5.75 Å². The van der Waals surface area contributed by atoms with Crippen LogP contribution in [0.25, 0.3) is 10.9 Å². The Balaban J connectivity index is 3.06. The van der Waals surface area contributed by atoms with Crippen LogP contribution in [0.2, 0.25) is 0 Å². The molecule has 3 nitrogen and oxygen atoms in total. The lowest BCUT2D eigenvalue weighted by Gasteiger charge is -2.04. The number of rotatable bonds is 0. The molecule has 3 heteroatoms. The first-order valence-electron chi connectivity index (χ1n) is 3.90. The van der Waals surface area contributed by atoms with Crippen LogP contribution in [0.3, 0.4) is 0 Å². The molecule has 0 aliphatic heterocycles. The normalized spacial score (nSPS) is 10.5. The van der Waals surface area contributed by atoms with Crippen LogP contribution in [-0.4, -0.2) is 9.67 Å². The Morgan fingerprint density at radius 1 is 1.38 bits per heavy atom. The average molecular weight is 174 g/mol. The molecule has 0 saturated carbocycles. The van der Waals surface area contributed by atoms with Gasteiger partial charge in [0, 0.05) is 12.4 Å². The molecule has 0 fully saturated rings. The van der Waals surface area contributed by atoms with Crippen LogP contribution < -0.4 is 5.56 Å². The molecular weight excluding hydrogens is 166 g/mol. The Labute approximate surface area is 74.9 Å². The summed E-state index contributed by atoms with van der Waals surface area (Å²) in [5.74, 6) is -0.0845. The number of hydrogen-bond donors (Lipinski definition) is 1. The Morgan fingerprint density at radius 3 is 2.85 bits per heavy atom. The number of aromatic nitrogens is 1. The van der Waals surface area contributed by atoms with Crippen molar-refractivity contribution in [3.8, 4) is 5.75 Å². The molecule has 1 N–H and O–H groups in total. The first-order valence-corrected chi connectivity index (χ1v) is 3.90. The zero-order valence-electron chi connectivity index (χ0n) is 7.11. The van der Waals surface area contributed by atoms with E-state index < -0.39 is 0 Å². The smallest absolute Gasteiger partial charge is 0.262 e. The van der Waals surface area contributed by atoms with Crippen LogP contribution in [0, 0.1) is 6.07 Å². The third-order valence-corrected chi connectivity index (χ3v) is 2.05. The molecule has 0 unspecified atom stereocenters. The van der Waals surface area contributed by atoms with Gasteiger partial charge in [-0.25, -0.2) is 0 Å². The van der Waals surface area contributed by atoms with Gasteiger partial charge in [-0.15, -0.1) is 0 Å². The number of nitrogens with zero attached hydrogens (tertiary/aromatic N) is 1. The van der Waals surface area contributed by atoms with E-state index in [2.05, 4.69) is 6.07 Å². The molecular formula is C10H8NO2. The fourth-order valence-electron chi connectivity index (χ4n) is 1.33. The lowest BCUT2D eigenvalue weighted by atomic mass is 10.2. The van der Waals surface area contributed by atoms with Crippen LogP contribution in [0.15, 0.2) is 29.1 Å². The predicted molar refractivity (Wildman–Crippen MR) is 49.7 cm³/mol. The number of hydrogen-bond acceptors (Lipinski definition) is 2. The van der Waals surface area contributed by atoms with E-state index in [-0.39, 0.29) is 11.3 Å². The number of pyridine rings is 1. The summed E-state index contributed by atoms with van der Waals surface area (Å²) in [5.41, 5.74) is 0.389. The van der Waals surface area contributed by atoms with Crippen molar-refractivity contribution < 1.29 is 5.11 Å². The van der Waals surface area contributed by atoms with Crippen LogP contribution >= 0.6 is 0 Å². The van der Waals surface area contributed by atoms with Crippen LogP contribution in [0.1, 0.15) is 0 Å². The average Bonchev–Trinajstić information content (AvgIpc) is 2.15. The zero-order chi connectivity index (χ0) is 9.42. The number of fused-ring (bicyclic) bond motifs is 1. The molecule has 2 rings (SSSR count). The topological polar surface area (TPSA) is 42.2 Å². The van der Waals surface area contributed by atoms with E-state index in [1.807, 2.05) is 6.07 Å². The maximum Gasteiger partial charge on any atom is 0.262 e. The van der Waals surface area contributed by atoms with Crippen molar-refractivity contribution >= 4 is 10.9 Å². The molecule has 0 bridgehead atoms. The third-order valence-electron chi connectivity index (χ3n) is 2.05. The predicted octanol–water partition coefficient (Wildman–Crippen LogP) is 1.04. The quantitative estimate of drug-likeness (QED) is 0.648. The highest BCUT2D eigenvalue weighted by Gasteiger charge is 2.03. The number of aryl methyl sites for hydroxylation is 1. The molecule has 0 aliphatic rings. The van der Waals surface area contributed by atoms with Crippen LogP contribution in [-0.2, 0) is 7.05 Å². The highest BCUT2D eigenvalue weighted by Crippen LogP contribution is 2.20. The lowest BCUT2D eigenvalue weighted by molar-refractivity contribution is 0.478. The highest BCUT2D eigenvalue weighted by atomic mass is 16.3. The summed E-state index contributed by atoms with van der Waals surface area (Å²) in [6, 6.07) is 9.50. The summed E-state index contributed by atoms with van der Waals surface area (Å²) in [6.45, 7) is 0. The molecule has 1 heterocycles. The van der Waals surface area contributed by atoms with E-state index in [0.29, 0.717) is 10.9 Å². The van der Waals surface area contributed by atoms with Gasteiger partial charge in [-0.3, -0.25) is 4.79 Å². The van der Waals surface area contributed by atoms with Gasteiger partial charge >= 0.3 is 0 Å². The first-order chi connectivity index (χ1) is 6.20. The number of aromatic hydroxyl groups is 1. The van der Waals surface area contributed by atoms with Crippen molar-refractivity contribution in [1.29, 1.82) is 0 Å². The summed E-state index contributed by atoms with van der Waals surface area (Å²) in [6.07, 6.45) is 0. The fourth-order valence-corrected chi connectivity index (χ4v) is 1.33. The Morgan fingerprint density at radius 2 is 2.08 bits per heavy atom. The molecule has 1 aromatic carbocycles. The van der Waals surface area contributed by atoms with Gasteiger partial charge in [-0.1, -0.05) is 12.1 Å². The molecule has 0 saturated heterocycles. The van der Waals surface area contributed by atoms with E-state index in [1.165, 1.54) is 4.57 Å². The maximum absolute atomic E-state index is 11.2. The minimum Gasteiger partial charge on any atom is -0.506 e. The summed E-state index contributed by atoms with van der Waals surface area (Å²) in [7, 11) is 1.65. The molecule has 1 aromatic heterocycles. The van der Waals surface area contributed by atoms with Crippen molar-refractivity contribution in [3.63, 3.8) is 0 Å². The Kier molecular flexibility index (Phi) is 1.59. The second kappa shape index (κ2) is 2.62. The van der Waals surface area contributed by atoms with Crippen LogP contribution in [0.5, 0.6) is 5.75 Å². The van der Waals surface area contributed by atoms with Gasteiger partial charge < -0.3 is 9.67 Å². The summed E-state index contributed by atoms with van der Waals surface area (Å²) < 4.78 is 1.45. The van der Waals surface area contributed by atoms with Gasteiger partial charge in [0.15, 0.2) is 0 Å². The molecule has 65 valence electrons. The van der Waals surface area contributed by atoms with Gasteiger partial charge in [0.2, 0.25) is 0 Å². The lowest BCUT2D eigenvalue weighted by Crippen LogP contribution is -2.15. The first kappa shape index (κ1) is 7.86. The third kappa shape index (κ3) is 1.09. The monoisotopic (exact) mass is 174 g/mol. The summed E-state index contributed by atoms with van der Waals surface area (Å²) in [5, 5.41) is 10.1. The Hall–Kier alpha value is -1.77. The van der Waals surface area contributed by atoms with Gasteiger partial charge in [-0.2, -0.15) is 0 Å². The fraction of sp³-hybridized carbons (Fsp3) is 0.100. The Bertz CT molecular complexity index is 514. The van der Waals surface area contributed by atoms with Gasteiger partial charge in [0.25, 0.3) is 5.56 Å². The van der Waals surface area contributed by atoms with Crippen molar-refractivity contribution in [3.05, 3.63) is 40.7 Å². The SMILES string of the molecule is Cn1c(=O)[c]c(O)c2ccccc21. The summed E-state index contributed by atoms with van der Waals surface area (Å²) in [4.78, 5) is 11.2. The number of benzene rings is 1. The minimum absolute atomic E-state index is 0.0845. The van der Waals surface area contributed by atoms with Crippen molar-refractivity contribution in [2.75, 3.05) is 0 Å². The molecule has 1 radical (unpaired) electrons. The largest absolute Gasteiger partial charge is 0.506 e. The zero-order valence-corrected chi connectivity index (χ0v) is 7.11. The summed E-state index contributed by atoms with van der Waals surface area (Å²) >= 11 is 0. The maximum atomic E-state index is 11.2. The van der Waals surface area contributed by atoms with Gasteiger partial charge in [-0.05, 0) is 12.1 Å². The standard InChI is InChI=1S/C10H8NO2/c1-11-8-5-3-2-4-7(8)9(12)6-10(11)13/h2-5,12H,1H3. The second-order valence-corrected chi connectivity index (χ2v) is 2.85. The highest BCUT2D eigenvalue weighted by molar-refractivity contribution is 5.84. The molecule has 13 heavy (non-hydrogen) atoms. The molecule has 0 atom stereocenters. The number of para-hydroxylation sites is 1. The molecule has 2 aromatic rings.